The van der Waals surface area contributed by atoms with Crippen LogP contribution in [0.25, 0.3) is 0 Å². The zero-order valence-corrected chi connectivity index (χ0v) is 11.4. The van der Waals surface area contributed by atoms with Gasteiger partial charge < -0.3 is 15.2 Å². The van der Waals surface area contributed by atoms with Crippen LogP contribution >= 0.6 is 0 Å². The second kappa shape index (κ2) is 11.9. The molecular formula is C13H23NO4. The Hall–Kier alpha value is -1.62. The lowest BCUT2D eigenvalue weighted by Crippen LogP contribution is -2.24. The molecule has 0 atom stereocenters. The highest BCUT2D eigenvalue weighted by Crippen LogP contribution is 1.90. The Bertz CT molecular complexity index is 267. The summed E-state index contributed by atoms with van der Waals surface area (Å²) in [6, 6.07) is 0. The van der Waals surface area contributed by atoms with Crippen LogP contribution in [0.3, 0.4) is 0 Å². The molecule has 0 aliphatic rings. The smallest absolute Gasteiger partial charge is 0.333 e. The molecule has 1 amide bonds. The molecule has 104 valence electrons. The van der Waals surface area contributed by atoms with Gasteiger partial charge in [-0.3, -0.25) is 4.79 Å². The zero-order chi connectivity index (χ0) is 14.6. The maximum absolute atomic E-state index is 10.7. The third kappa shape index (κ3) is 12.4. The van der Waals surface area contributed by atoms with Crippen LogP contribution in [-0.2, 0) is 14.3 Å². The van der Waals surface area contributed by atoms with Gasteiger partial charge in [-0.1, -0.05) is 20.1 Å². The highest BCUT2D eigenvalue weighted by Gasteiger charge is 1.99. The van der Waals surface area contributed by atoms with Crippen LogP contribution in [0.1, 0.15) is 27.2 Å². The molecule has 0 saturated carbocycles. The van der Waals surface area contributed by atoms with Crippen molar-refractivity contribution in [2.75, 3.05) is 19.8 Å². The SMILES string of the molecule is C=C(C)C(=O)NCCC.C=C(C)C(=O)OCCO. The molecule has 18 heavy (non-hydrogen) atoms. The highest BCUT2D eigenvalue weighted by molar-refractivity contribution is 5.92. The lowest BCUT2D eigenvalue weighted by Gasteiger charge is -1.99. The number of nitrogens with one attached hydrogen (secondary N) is 1. The second-order valence-corrected chi connectivity index (χ2v) is 3.68. The van der Waals surface area contributed by atoms with Crippen molar-refractivity contribution < 1.29 is 19.4 Å². The fourth-order valence-corrected chi connectivity index (χ4v) is 0.651. The number of ether oxygens (including phenoxy) is 1. The molecule has 0 saturated heterocycles. The third-order valence-electron chi connectivity index (χ3n) is 1.60. The van der Waals surface area contributed by atoms with Crippen LogP contribution in [0.4, 0.5) is 0 Å². The van der Waals surface area contributed by atoms with E-state index in [4.69, 9.17) is 5.11 Å². The number of aliphatic hydroxyl groups excluding tert-OH is 1. The number of amides is 1. The monoisotopic (exact) mass is 257 g/mol. The van der Waals surface area contributed by atoms with Crippen LogP contribution in [-0.4, -0.2) is 36.7 Å². The van der Waals surface area contributed by atoms with Gasteiger partial charge in [-0.25, -0.2) is 4.79 Å². The number of esters is 1. The van der Waals surface area contributed by atoms with E-state index in [0.29, 0.717) is 11.1 Å². The predicted octanol–water partition coefficient (Wildman–Crippen LogP) is 1.19. The molecule has 0 radical (unpaired) electrons. The number of carbonyl (C=O) groups excluding carboxylic acids is 2. The van der Waals surface area contributed by atoms with Gasteiger partial charge in [0, 0.05) is 17.7 Å². The van der Waals surface area contributed by atoms with Crippen LogP contribution in [0.15, 0.2) is 24.3 Å². The topological polar surface area (TPSA) is 75.6 Å². The van der Waals surface area contributed by atoms with Crippen LogP contribution in [0.5, 0.6) is 0 Å². The van der Waals surface area contributed by atoms with E-state index in [1.165, 1.54) is 0 Å². The Morgan fingerprint density at radius 1 is 1.22 bits per heavy atom. The lowest BCUT2D eigenvalue weighted by atomic mass is 10.3. The molecule has 0 unspecified atom stereocenters. The standard InChI is InChI=1S/C7H13NO.C6H10O3/c1-4-5-8-7(9)6(2)3;1-5(2)6(8)9-4-3-7/h2,4-5H2,1,3H3,(H,8,9);7H,1,3-4H2,2H3. The van der Waals surface area contributed by atoms with Gasteiger partial charge >= 0.3 is 5.97 Å². The highest BCUT2D eigenvalue weighted by atomic mass is 16.5. The first kappa shape index (κ1) is 18.7. The molecule has 0 aromatic carbocycles. The summed E-state index contributed by atoms with van der Waals surface area (Å²) in [4.78, 5) is 21.2. The molecule has 0 bridgehead atoms. The summed E-state index contributed by atoms with van der Waals surface area (Å²) in [5.74, 6) is -0.499. The Morgan fingerprint density at radius 2 is 1.78 bits per heavy atom. The van der Waals surface area contributed by atoms with E-state index in [0.717, 1.165) is 13.0 Å². The quantitative estimate of drug-likeness (QED) is 0.553. The van der Waals surface area contributed by atoms with Gasteiger partial charge in [0.25, 0.3) is 0 Å². The van der Waals surface area contributed by atoms with Gasteiger partial charge in [-0.15, -0.1) is 0 Å². The zero-order valence-electron chi connectivity index (χ0n) is 11.4. The molecule has 5 heteroatoms. The second-order valence-electron chi connectivity index (χ2n) is 3.68. The summed E-state index contributed by atoms with van der Waals surface area (Å²) in [6.07, 6.45) is 0.971. The molecule has 0 aromatic rings. The number of rotatable bonds is 6. The first-order valence-electron chi connectivity index (χ1n) is 5.74. The van der Waals surface area contributed by atoms with E-state index >= 15 is 0 Å². The summed E-state index contributed by atoms with van der Waals surface area (Å²) in [5, 5.41) is 10.9. The van der Waals surface area contributed by atoms with Gasteiger partial charge in [-0.05, 0) is 20.3 Å². The first-order valence-corrected chi connectivity index (χ1v) is 5.74. The minimum absolute atomic E-state index is 0.0446. The summed E-state index contributed by atoms with van der Waals surface area (Å²) in [6.45, 7) is 12.8. The van der Waals surface area contributed by atoms with Crippen molar-refractivity contribution in [2.24, 2.45) is 0 Å². The Morgan fingerprint density at radius 3 is 2.11 bits per heavy atom. The van der Waals surface area contributed by atoms with E-state index in [2.05, 4.69) is 23.2 Å². The molecule has 0 aromatic heterocycles. The number of aliphatic hydroxyl groups is 1. The molecule has 0 aliphatic carbocycles. The maximum Gasteiger partial charge on any atom is 0.333 e. The van der Waals surface area contributed by atoms with Gasteiger partial charge in [0.1, 0.15) is 6.61 Å². The normalized spacial score (nSPS) is 8.67. The van der Waals surface area contributed by atoms with Crippen molar-refractivity contribution in [1.82, 2.24) is 5.32 Å². The van der Waals surface area contributed by atoms with E-state index in [9.17, 15) is 9.59 Å². The Labute approximate surface area is 109 Å². The van der Waals surface area contributed by atoms with E-state index in [1.807, 2.05) is 6.92 Å². The van der Waals surface area contributed by atoms with Crippen LogP contribution in [0.2, 0.25) is 0 Å². The predicted molar refractivity (Wildman–Crippen MR) is 71.0 cm³/mol. The molecule has 5 nitrogen and oxygen atoms in total. The van der Waals surface area contributed by atoms with Gasteiger partial charge in [0.15, 0.2) is 0 Å². The Kier molecular flexibility index (Phi) is 12.3. The van der Waals surface area contributed by atoms with E-state index < -0.39 is 5.97 Å². The average molecular weight is 257 g/mol. The molecule has 0 aliphatic heterocycles. The largest absolute Gasteiger partial charge is 0.460 e. The summed E-state index contributed by atoms with van der Waals surface area (Å²) >= 11 is 0. The summed E-state index contributed by atoms with van der Waals surface area (Å²) in [5.41, 5.74) is 0.923. The first-order chi connectivity index (χ1) is 8.36. The number of hydrogen-bond acceptors (Lipinski definition) is 4. The van der Waals surface area contributed by atoms with Gasteiger partial charge in [0.2, 0.25) is 5.91 Å². The van der Waals surface area contributed by atoms with E-state index in [-0.39, 0.29) is 19.1 Å². The van der Waals surface area contributed by atoms with Crippen molar-refractivity contribution in [3.05, 3.63) is 24.3 Å². The minimum Gasteiger partial charge on any atom is -0.460 e. The molecule has 2 N–H and O–H groups in total. The van der Waals surface area contributed by atoms with Crippen LogP contribution in [0, 0.1) is 0 Å². The average Bonchev–Trinajstić information content (AvgIpc) is 2.33. The maximum atomic E-state index is 10.7. The summed E-state index contributed by atoms with van der Waals surface area (Å²) < 4.78 is 4.46. The van der Waals surface area contributed by atoms with Crippen molar-refractivity contribution >= 4 is 11.9 Å². The molecule has 0 spiro atoms. The summed E-state index contributed by atoms with van der Waals surface area (Å²) in [7, 11) is 0. The van der Waals surface area contributed by atoms with Crippen molar-refractivity contribution in [2.45, 2.75) is 27.2 Å². The van der Waals surface area contributed by atoms with E-state index in [1.54, 1.807) is 13.8 Å². The van der Waals surface area contributed by atoms with Crippen molar-refractivity contribution in [3.63, 3.8) is 0 Å². The van der Waals surface area contributed by atoms with Gasteiger partial charge in [-0.2, -0.15) is 0 Å². The van der Waals surface area contributed by atoms with Crippen LogP contribution < -0.4 is 5.32 Å². The lowest BCUT2D eigenvalue weighted by molar-refractivity contribution is -0.139. The molecule has 0 rings (SSSR count). The van der Waals surface area contributed by atoms with Crippen molar-refractivity contribution in [3.8, 4) is 0 Å². The number of carbonyl (C=O) groups is 2. The molecular weight excluding hydrogens is 234 g/mol. The minimum atomic E-state index is -0.455. The van der Waals surface area contributed by atoms with Gasteiger partial charge in [0.05, 0.1) is 6.61 Å². The fourth-order valence-electron chi connectivity index (χ4n) is 0.651. The molecule has 0 heterocycles. The number of hydrogen-bond donors (Lipinski definition) is 2. The Balaban J connectivity index is 0. The molecule has 0 fully saturated rings. The fraction of sp³-hybridized carbons (Fsp3) is 0.538. The van der Waals surface area contributed by atoms with Crippen molar-refractivity contribution in [1.29, 1.82) is 0 Å². The third-order valence-corrected chi connectivity index (χ3v) is 1.60.